The molecule has 0 aliphatic heterocycles. The highest BCUT2D eigenvalue weighted by Crippen LogP contribution is 2.33. The number of halogens is 1. The Morgan fingerprint density at radius 3 is 2.15 bits per heavy atom. The molecule has 0 saturated heterocycles. The Balaban J connectivity index is 2.34. The number of hydrogen-bond donors (Lipinski definition) is 0. The molecule has 1 aliphatic rings. The van der Waals surface area contributed by atoms with Gasteiger partial charge in [0.2, 0.25) is 5.78 Å². The molecule has 0 spiro atoms. The highest BCUT2D eigenvalue weighted by molar-refractivity contribution is 8.04. The van der Waals surface area contributed by atoms with E-state index in [2.05, 4.69) is 0 Å². The molecule has 6 heteroatoms. The third-order valence-electron chi connectivity index (χ3n) is 2.47. The van der Waals surface area contributed by atoms with Gasteiger partial charge in [-0.15, -0.1) is 0 Å². The number of benzene rings is 1. The molecule has 2 rings (SSSR count). The summed E-state index contributed by atoms with van der Waals surface area (Å²) in [6.07, 6.45) is 1.08. The second-order valence-electron chi connectivity index (χ2n) is 3.73. The zero-order valence-corrected chi connectivity index (χ0v) is 11.5. The number of nitriles is 2. The molecule has 0 fully saturated rings. The summed E-state index contributed by atoms with van der Waals surface area (Å²) in [5.74, 6) is -1.23. The molecular formula is C14H5ClN2O2S. The van der Waals surface area contributed by atoms with Crippen LogP contribution in [0.1, 0.15) is 0 Å². The van der Waals surface area contributed by atoms with Crippen molar-refractivity contribution in [1.29, 1.82) is 10.5 Å². The Morgan fingerprint density at radius 1 is 1.00 bits per heavy atom. The molecule has 0 atom stereocenters. The number of hydrogen-bond acceptors (Lipinski definition) is 5. The Hall–Kier alpha value is -2.34. The molecule has 0 N–H and O–H groups in total. The summed E-state index contributed by atoms with van der Waals surface area (Å²) < 4.78 is 0. The number of rotatable bonds is 2. The van der Waals surface area contributed by atoms with Gasteiger partial charge in [0.05, 0.1) is 4.91 Å². The van der Waals surface area contributed by atoms with E-state index in [0.717, 1.165) is 17.8 Å². The van der Waals surface area contributed by atoms with Crippen LogP contribution in [0.25, 0.3) is 0 Å². The van der Waals surface area contributed by atoms with Crippen LogP contribution in [0.3, 0.4) is 0 Å². The van der Waals surface area contributed by atoms with Gasteiger partial charge in [-0.25, -0.2) is 0 Å². The average Bonchev–Trinajstić information content (AvgIpc) is 2.44. The highest BCUT2D eigenvalue weighted by atomic mass is 35.5. The van der Waals surface area contributed by atoms with Crippen LogP contribution in [0.5, 0.6) is 0 Å². The number of carbonyl (C=O) groups is 2. The second-order valence-corrected chi connectivity index (χ2v) is 5.28. The lowest BCUT2D eigenvalue weighted by molar-refractivity contribution is -0.114. The van der Waals surface area contributed by atoms with Crippen molar-refractivity contribution in [2.75, 3.05) is 0 Å². The van der Waals surface area contributed by atoms with Gasteiger partial charge in [0.15, 0.2) is 5.78 Å². The van der Waals surface area contributed by atoms with Crippen molar-refractivity contribution in [2.45, 2.75) is 4.90 Å². The van der Waals surface area contributed by atoms with E-state index in [1.54, 1.807) is 36.4 Å². The van der Waals surface area contributed by atoms with Crippen molar-refractivity contribution >= 4 is 34.9 Å². The van der Waals surface area contributed by atoms with E-state index in [1.807, 2.05) is 0 Å². The molecule has 96 valence electrons. The molecule has 0 heterocycles. The van der Waals surface area contributed by atoms with Crippen LogP contribution in [-0.4, -0.2) is 11.6 Å². The van der Waals surface area contributed by atoms with Gasteiger partial charge in [0, 0.05) is 16.0 Å². The predicted octanol–water partition coefficient (Wildman–Crippen LogP) is 2.81. The van der Waals surface area contributed by atoms with E-state index in [0.29, 0.717) is 9.92 Å². The van der Waals surface area contributed by atoms with Crippen LogP contribution in [0.2, 0.25) is 5.02 Å². The fourth-order valence-corrected chi connectivity index (χ4v) is 2.55. The van der Waals surface area contributed by atoms with Crippen LogP contribution < -0.4 is 0 Å². The maximum absolute atomic E-state index is 12.0. The Morgan fingerprint density at radius 2 is 1.60 bits per heavy atom. The summed E-state index contributed by atoms with van der Waals surface area (Å²) in [6, 6.07) is 9.91. The van der Waals surface area contributed by atoms with Crippen molar-refractivity contribution in [1.82, 2.24) is 0 Å². The molecule has 4 nitrogen and oxygen atoms in total. The normalized spacial score (nSPS) is 14.7. The summed E-state index contributed by atoms with van der Waals surface area (Å²) >= 11 is 6.81. The molecule has 1 aromatic carbocycles. The minimum Gasteiger partial charge on any atom is -0.288 e. The van der Waals surface area contributed by atoms with E-state index in [9.17, 15) is 9.59 Å². The smallest absolute Gasteiger partial charge is 0.211 e. The highest BCUT2D eigenvalue weighted by Gasteiger charge is 2.29. The summed E-state index contributed by atoms with van der Waals surface area (Å²) in [6.45, 7) is 0. The zero-order valence-electron chi connectivity index (χ0n) is 9.88. The van der Waals surface area contributed by atoms with E-state index in [4.69, 9.17) is 22.1 Å². The zero-order chi connectivity index (χ0) is 14.7. The predicted molar refractivity (Wildman–Crippen MR) is 73.7 cm³/mol. The fourth-order valence-electron chi connectivity index (χ4n) is 1.54. The van der Waals surface area contributed by atoms with Crippen LogP contribution in [0, 0.1) is 22.7 Å². The quantitative estimate of drug-likeness (QED) is 0.784. The van der Waals surface area contributed by atoms with Gasteiger partial charge in [-0.05, 0) is 24.3 Å². The van der Waals surface area contributed by atoms with Crippen molar-refractivity contribution in [3.63, 3.8) is 0 Å². The molecule has 1 aliphatic carbocycles. The summed E-state index contributed by atoms with van der Waals surface area (Å²) in [5, 5.41) is 18.3. The SMILES string of the molecule is N#CC1=C(C#N)C(=O)C(Sc2ccc(Cl)cc2)=CC1=O. The van der Waals surface area contributed by atoms with Crippen LogP contribution in [0.4, 0.5) is 0 Å². The van der Waals surface area contributed by atoms with Crippen LogP contribution in [-0.2, 0) is 9.59 Å². The van der Waals surface area contributed by atoms with Gasteiger partial charge in [-0.1, -0.05) is 23.4 Å². The maximum atomic E-state index is 12.0. The van der Waals surface area contributed by atoms with Gasteiger partial charge >= 0.3 is 0 Å². The molecule has 1 aromatic rings. The first kappa shape index (κ1) is 14.1. The van der Waals surface area contributed by atoms with Gasteiger partial charge in [0.25, 0.3) is 0 Å². The van der Waals surface area contributed by atoms with E-state index >= 15 is 0 Å². The summed E-state index contributed by atoms with van der Waals surface area (Å²) in [7, 11) is 0. The number of nitrogens with zero attached hydrogens (tertiary/aromatic N) is 2. The van der Waals surface area contributed by atoms with Gasteiger partial charge < -0.3 is 0 Å². The molecular weight excluding hydrogens is 296 g/mol. The molecule has 0 aromatic heterocycles. The lowest BCUT2D eigenvalue weighted by Crippen LogP contribution is -2.16. The van der Waals surface area contributed by atoms with E-state index < -0.39 is 22.7 Å². The lowest BCUT2D eigenvalue weighted by Gasteiger charge is -2.10. The first-order valence-corrected chi connectivity index (χ1v) is 6.55. The van der Waals surface area contributed by atoms with Gasteiger partial charge in [-0.2, -0.15) is 10.5 Å². The van der Waals surface area contributed by atoms with Crippen molar-refractivity contribution in [3.05, 3.63) is 51.4 Å². The lowest BCUT2D eigenvalue weighted by atomic mass is 9.97. The summed E-state index contributed by atoms with van der Waals surface area (Å²) in [4.78, 5) is 24.6. The fraction of sp³-hybridized carbons (Fsp3) is 0. The molecule has 0 amide bonds. The molecule has 0 saturated carbocycles. The third kappa shape index (κ3) is 2.65. The van der Waals surface area contributed by atoms with E-state index in [1.165, 1.54) is 0 Å². The Labute approximate surface area is 124 Å². The van der Waals surface area contributed by atoms with Crippen LogP contribution in [0.15, 0.2) is 51.3 Å². The van der Waals surface area contributed by atoms with Crippen molar-refractivity contribution in [3.8, 4) is 12.1 Å². The molecule has 0 radical (unpaired) electrons. The maximum Gasteiger partial charge on any atom is 0.211 e. The first-order valence-electron chi connectivity index (χ1n) is 5.35. The number of allylic oxidation sites excluding steroid dienone is 4. The van der Waals surface area contributed by atoms with Crippen molar-refractivity contribution in [2.24, 2.45) is 0 Å². The van der Waals surface area contributed by atoms with Crippen LogP contribution >= 0.6 is 23.4 Å². The van der Waals surface area contributed by atoms with E-state index in [-0.39, 0.29) is 4.91 Å². The largest absolute Gasteiger partial charge is 0.288 e. The van der Waals surface area contributed by atoms with Gasteiger partial charge in [-0.3, -0.25) is 9.59 Å². The van der Waals surface area contributed by atoms with Gasteiger partial charge in [0.1, 0.15) is 23.3 Å². The minimum atomic E-state index is -0.625. The minimum absolute atomic E-state index is 0.118. The molecule has 0 unspecified atom stereocenters. The third-order valence-corrected chi connectivity index (χ3v) is 3.76. The average molecular weight is 301 g/mol. The topological polar surface area (TPSA) is 81.7 Å². The Kier molecular flexibility index (Phi) is 4.05. The molecule has 20 heavy (non-hydrogen) atoms. The number of Topliss-reactive ketones (excluding diaryl/α,β-unsaturated/α-hetero) is 1. The second kappa shape index (κ2) is 5.75. The van der Waals surface area contributed by atoms with Crippen molar-refractivity contribution < 1.29 is 9.59 Å². The monoisotopic (exact) mass is 300 g/mol. The molecule has 0 bridgehead atoms. The number of carbonyl (C=O) groups excluding carboxylic acids is 2. The number of thioether (sulfide) groups is 1. The summed E-state index contributed by atoms with van der Waals surface area (Å²) in [5.41, 5.74) is -0.811. The first-order chi connectivity index (χ1) is 9.56. The Bertz CT molecular complexity index is 749. The standard InChI is InChI=1S/C14H5ClN2O2S/c15-8-1-3-9(4-2-8)20-13-5-12(18)10(6-16)11(7-17)14(13)19/h1-5H. The number of ketones is 2.